The predicted molar refractivity (Wildman–Crippen MR) is 77.2 cm³/mol. The molecule has 0 atom stereocenters. The Hall–Kier alpha value is -3.23. The first-order valence-corrected chi connectivity index (χ1v) is 6.52. The molecule has 1 aromatic carbocycles. The van der Waals surface area contributed by atoms with E-state index in [0.717, 1.165) is 21.7 Å². The summed E-state index contributed by atoms with van der Waals surface area (Å²) in [4.78, 5) is 23.0. The molecule has 0 bridgehead atoms. The molecule has 0 fully saturated rings. The third kappa shape index (κ3) is 3.08. The Morgan fingerprint density at radius 2 is 2.14 bits per heavy atom. The number of anilines is 1. The Bertz CT molecular complexity index is 748. The fourth-order valence-corrected chi connectivity index (χ4v) is 1.98. The zero-order valence-electron chi connectivity index (χ0n) is 11.5. The van der Waals surface area contributed by atoms with Crippen LogP contribution >= 0.6 is 0 Å². The van der Waals surface area contributed by atoms with Gasteiger partial charge in [0, 0.05) is 23.0 Å². The number of amides is 2. The van der Waals surface area contributed by atoms with E-state index < -0.39 is 5.91 Å². The van der Waals surface area contributed by atoms with Crippen LogP contribution in [0.3, 0.4) is 0 Å². The van der Waals surface area contributed by atoms with Crippen LogP contribution in [0.5, 0.6) is 0 Å². The van der Waals surface area contributed by atoms with E-state index in [-0.39, 0.29) is 12.5 Å². The number of carbonyl (C=O) groups is 2. The van der Waals surface area contributed by atoms with Gasteiger partial charge in [0.15, 0.2) is 0 Å². The van der Waals surface area contributed by atoms with Crippen molar-refractivity contribution in [3.63, 3.8) is 0 Å². The van der Waals surface area contributed by atoms with Crippen LogP contribution < -0.4 is 16.4 Å². The van der Waals surface area contributed by atoms with Crippen molar-refractivity contribution in [1.29, 1.82) is 0 Å². The number of rotatable bonds is 5. The van der Waals surface area contributed by atoms with Crippen LogP contribution in [0.4, 0.5) is 5.69 Å². The van der Waals surface area contributed by atoms with E-state index in [1.54, 1.807) is 0 Å². The standard InChI is InChI=1S/C13H13N7O2/c14-11(21)7-20-18-13(17-19-20)8-1-3-9(4-2-8)16-10-5-12(22)15-6-10/h1-5,16H,6-7H2,(H2,14,21)(H,15,22). The van der Waals surface area contributed by atoms with Gasteiger partial charge in [-0.15, -0.1) is 10.2 Å². The van der Waals surface area contributed by atoms with Crippen LogP contribution in [0.2, 0.25) is 0 Å². The molecular weight excluding hydrogens is 286 g/mol. The molecule has 4 N–H and O–H groups in total. The van der Waals surface area contributed by atoms with Crippen LogP contribution in [-0.4, -0.2) is 38.6 Å². The quantitative estimate of drug-likeness (QED) is 0.666. The van der Waals surface area contributed by atoms with Gasteiger partial charge in [-0.25, -0.2) is 0 Å². The van der Waals surface area contributed by atoms with Crippen molar-refractivity contribution in [2.24, 2.45) is 5.73 Å². The second-order valence-electron chi connectivity index (χ2n) is 4.70. The molecule has 9 nitrogen and oxygen atoms in total. The first kappa shape index (κ1) is 13.7. The topological polar surface area (TPSA) is 128 Å². The molecule has 1 aromatic heterocycles. The Morgan fingerprint density at radius 3 is 2.77 bits per heavy atom. The number of benzene rings is 1. The summed E-state index contributed by atoms with van der Waals surface area (Å²) in [6.07, 6.45) is 1.52. The van der Waals surface area contributed by atoms with Gasteiger partial charge < -0.3 is 16.4 Å². The molecule has 9 heteroatoms. The molecule has 22 heavy (non-hydrogen) atoms. The molecule has 0 radical (unpaired) electrons. The van der Waals surface area contributed by atoms with Gasteiger partial charge in [0.25, 0.3) is 0 Å². The number of hydrogen-bond acceptors (Lipinski definition) is 6. The van der Waals surface area contributed by atoms with E-state index in [0.29, 0.717) is 12.4 Å². The fourth-order valence-electron chi connectivity index (χ4n) is 1.98. The summed E-state index contributed by atoms with van der Waals surface area (Å²) >= 11 is 0. The number of nitrogens with one attached hydrogen (secondary N) is 2. The highest BCUT2D eigenvalue weighted by atomic mass is 16.2. The summed E-state index contributed by atoms with van der Waals surface area (Å²) in [7, 11) is 0. The van der Waals surface area contributed by atoms with E-state index in [1.165, 1.54) is 6.08 Å². The second kappa shape index (κ2) is 5.64. The van der Waals surface area contributed by atoms with E-state index in [9.17, 15) is 9.59 Å². The molecule has 0 unspecified atom stereocenters. The van der Waals surface area contributed by atoms with Crippen molar-refractivity contribution in [1.82, 2.24) is 25.5 Å². The largest absolute Gasteiger partial charge is 0.368 e. The van der Waals surface area contributed by atoms with E-state index in [1.807, 2.05) is 24.3 Å². The maximum Gasteiger partial charge on any atom is 0.246 e. The van der Waals surface area contributed by atoms with Gasteiger partial charge in [-0.2, -0.15) is 4.80 Å². The number of carbonyl (C=O) groups excluding carboxylic acids is 2. The summed E-state index contributed by atoms with van der Waals surface area (Å²) in [6.45, 7) is 0.380. The Kier molecular flexibility index (Phi) is 3.52. The first-order valence-electron chi connectivity index (χ1n) is 6.52. The van der Waals surface area contributed by atoms with Crippen LogP contribution in [0, 0.1) is 0 Å². The molecular formula is C13H13N7O2. The molecule has 1 aliphatic heterocycles. The lowest BCUT2D eigenvalue weighted by Crippen LogP contribution is -2.20. The minimum atomic E-state index is -0.531. The van der Waals surface area contributed by atoms with Gasteiger partial charge in [0.1, 0.15) is 6.54 Å². The van der Waals surface area contributed by atoms with Crippen molar-refractivity contribution < 1.29 is 9.59 Å². The third-order valence-electron chi connectivity index (χ3n) is 2.96. The highest BCUT2D eigenvalue weighted by Crippen LogP contribution is 2.18. The smallest absolute Gasteiger partial charge is 0.246 e. The monoisotopic (exact) mass is 299 g/mol. The lowest BCUT2D eigenvalue weighted by molar-refractivity contribution is -0.119. The fraction of sp³-hybridized carbons (Fsp3) is 0.154. The number of nitrogens with zero attached hydrogens (tertiary/aromatic N) is 4. The summed E-state index contributed by atoms with van der Waals surface area (Å²) in [6, 6.07) is 7.32. The van der Waals surface area contributed by atoms with Crippen LogP contribution in [0.15, 0.2) is 36.0 Å². The van der Waals surface area contributed by atoms with Crippen LogP contribution in [0.1, 0.15) is 0 Å². The normalized spacial score (nSPS) is 13.6. The third-order valence-corrected chi connectivity index (χ3v) is 2.96. The molecule has 0 saturated carbocycles. The summed E-state index contributed by atoms with van der Waals surface area (Å²) < 4.78 is 0. The SMILES string of the molecule is NC(=O)Cn1nnc(-c2ccc(NC3=CC(=O)NC3)cc2)n1. The lowest BCUT2D eigenvalue weighted by atomic mass is 10.2. The predicted octanol–water partition coefficient (Wildman–Crippen LogP) is -0.749. The Morgan fingerprint density at radius 1 is 1.36 bits per heavy atom. The van der Waals surface area contributed by atoms with Gasteiger partial charge in [0.2, 0.25) is 17.6 Å². The maximum absolute atomic E-state index is 11.1. The minimum Gasteiger partial charge on any atom is -0.368 e. The van der Waals surface area contributed by atoms with Gasteiger partial charge in [-0.1, -0.05) is 0 Å². The molecule has 112 valence electrons. The molecule has 0 spiro atoms. The maximum atomic E-state index is 11.1. The Balaban J connectivity index is 1.71. The first-order chi connectivity index (χ1) is 10.6. The second-order valence-corrected chi connectivity index (χ2v) is 4.70. The summed E-state index contributed by atoms with van der Waals surface area (Å²) in [5, 5.41) is 17.5. The molecule has 0 aliphatic carbocycles. The molecule has 2 amide bonds. The number of nitrogens with two attached hydrogens (primary N) is 1. The number of hydrogen-bond donors (Lipinski definition) is 3. The van der Waals surface area contributed by atoms with Crippen LogP contribution in [0.25, 0.3) is 11.4 Å². The average Bonchev–Trinajstić information content (AvgIpc) is 3.09. The van der Waals surface area contributed by atoms with E-state index in [4.69, 9.17) is 5.73 Å². The van der Waals surface area contributed by atoms with Crippen molar-refractivity contribution in [2.45, 2.75) is 6.54 Å². The molecule has 2 aromatic rings. The molecule has 1 aliphatic rings. The highest BCUT2D eigenvalue weighted by molar-refractivity contribution is 5.91. The van der Waals surface area contributed by atoms with E-state index >= 15 is 0 Å². The van der Waals surface area contributed by atoms with Crippen molar-refractivity contribution in [3.05, 3.63) is 36.0 Å². The zero-order valence-corrected chi connectivity index (χ0v) is 11.5. The minimum absolute atomic E-state index is 0.102. The van der Waals surface area contributed by atoms with Crippen LogP contribution in [-0.2, 0) is 16.1 Å². The summed E-state index contributed by atoms with van der Waals surface area (Å²) in [5.41, 5.74) is 7.48. The van der Waals surface area contributed by atoms with Crippen molar-refractivity contribution >= 4 is 17.5 Å². The van der Waals surface area contributed by atoms with Gasteiger partial charge in [-0.05, 0) is 29.5 Å². The van der Waals surface area contributed by atoms with Gasteiger partial charge >= 0.3 is 0 Å². The molecule has 3 rings (SSSR count). The lowest BCUT2D eigenvalue weighted by Gasteiger charge is -2.06. The summed E-state index contributed by atoms with van der Waals surface area (Å²) in [5.74, 6) is -0.226. The van der Waals surface area contributed by atoms with Gasteiger partial charge in [-0.3, -0.25) is 9.59 Å². The van der Waals surface area contributed by atoms with Crippen molar-refractivity contribution in [2.75, 3.05) is 11.9 Å². The molecule has 2 heterocycles. The Labute approximate surface area is 125 Å². The van der Waals surface area contributed by atoms with E-state index in [2.05, 4.69) is 26.0 Å². The van der Waals surface area contributed by atoms with Gasteiger partial charge in [0.05, 0.1) is 6.54 Å². The number of aromatic nitrogens is 4. The average molecular weight is 299 g/mol. The zero-order chi connectivity index (χ0) is 15.5. The molecule has 0 saturated heterocycles. The highest BCUT2D eigenvalue weighted by Gasteiger charge is 2.11. The number of primary amides is 1. The van der Waals surface area contributed by atoms with Crippen molar-refractivity contribution in [3.8, 4) is 11.4 Å². The number of tetrazole rings is 1.